The summed E-state index contributed by atoms with van der Waals surface area (Å²) < 4.78 is 0. The average molecular weight is 534 g/mol. The number of piperidine rings is 1. The van der Waals surface area contributed by atoms with Crippen LogP contribution in [0.1, 0.15) is 46.0 Å². The third-order valence-electron chi connectivity index (χ3n) is 6.76. The van der Waals surface area contributed by atoms with E-state index < -0.39 is 0 Å². The van der Waals surface area contributed by atoms with E-state index >= 15 is 0 Å². The maximum atomic E-state index is 12.7. The number of fused-ring (bicyclic) bond motifs is 1. The summed E-state index contributed by atoms with van der Waals surface area (Å²) >= 11 is 6.37. The monoisotopic (exact) mass is 533 g/mol. The average Bonchev–Trinajstić information content (AvgIpc) is 3.19. The maximum Gasteiger partial charge on any atom is 0.321 e. The molecule has 0 saturated carbocycles. The Bertz CT molecular complexity index is 1390. The SMILES string of the molecule is CC(=O)c1ccc(NC(=O)N2CCC(Nc3nc(Nc4ccc5c(c4)CN(C)C5=O)ncc3Cl)CC2)cc1. The first-order valence-corrected chi connectivity index (χ1v) is 12.8. The first-order valence-electron chi connectivity index (χ1n) is 12.4. The van der Waals surface area contributed by atoms with Crippen molar-refractivity contribution < 1.29 is 14.4 Å². The van der Waals surface area contributed by atoms with Gasteiger partial charge in [-0.3, -0.25) is 9.59 Å². The van der Waals surface area contributed by atoms with E-state index in [1.54, 1.807) is 47.3 Å². The zero-order chi connectivity index (χ0) is 26.8. The molecular weight excluding hydrogens is 506 g/mol. The number of likely N-dealkylation sites (tertiary alicyclic amines) is 1. The normalized spacial score (nSPS) is 15.3. The Morgan fingerprint density at radius 2 is 1.76 bits per heavy atom. The largest absolute Gasteiger partial charge is 0.366 e. The zero-order valence-corrected chi connectivity index (χ0v) is 21.9. The number of benzene rings is 2. The highest BCUT2D eigenvalue weighted by Gasteiger charge is 2.25. The number of ketones is 1. The molecule has 11 heteroatoms. The summed E-state index contributed by atoms with van der Waals surface area (Å²) in [6.45, 7) is 3.23. The zero-order valence-electron chi connectivity index (χ0n) is 21.1. The van der Waals surface area contributed by atoms with Crippen molar-refractivity contribution in [3.05, 3.63) is 70.4 Å². The van der Waals surface area contributed by atoms with Gasteiger partial charge in [0.25, 0.3) is 5.91 Å². The summed E-state index contributed by atoms with van der Waals surface area (Å²) in [5.41, 5.74) is 3.71. The number of anilines is 4. The minimum atomic E-state index is -0.173. The lowest BCUT2D eigenvalue weighted by Gasteiger charge is -2.32. The molecule has 0 spiro atoms. The van der Waals surface area contributed by atoms with E-state index in [0.717, 1.165) is 24.1 Å². The van der Waals surface area contributed by atoms with Crippen LogP contribution in [0.15, 0.2) is 48.7 Å². The van der Waals surface area contributed by atoms with E-state index in [1.165, 1.54) is 6.92 Å². The number of carbonyl (C=O) groups is 3. The van der Waals surface area contributed by atoms with Crippen molar-refractivity contribution in [3.8, 4) is 0 Å². The molecule has 1 fully saturated rings. The maximum absolute atomic E-state index is 12.7. The fourth-order valence-electron chi connectivity index (χ4n) is 4.61. The van der Waals surface area contributed by atoms with Gasteiger partial charge in [-0.15, -0.1) is 0 Å². The van der Waals surface area contributed by atoms with Crippen LogP contribution in [0.5, 0.6) is 0 Å². The standard InChI is InChI=1S/C27H28ClN7O3/c1-16(36)17-3-5-19(6-4-17)32-27(38)35-11-9-20(10-12-35)30-24-23(28)14-29-26(33-24)31-21-7-8-22-18(13-21)15-34(2)25(22)37/h3-8,13-14,20H,9-12,15H2,1-2H3,(H,32,38)(H2,29,30,31,33). The van der Waals surface area contributed by atoms with Gasteiger partial charge in [-0.25, -0.2) is 9.78 Å². The van der Waals surface area contributed by atoms with Gasteiger partial charge in [0, 0.05) is 55.2 Å². The fourth-order valence-corrected chi connectivity index (χ4v) is 4.76. The molecule has 3 amide bonds. The van der Waals surface area contributed by atoms with Crippen molar-refractivity contribution in [2.45, 2.75) is 32.4 Å². The van der Waals surface area contributed by atoms with Crippen molar-refractivity contribution >= 4 is 52.5 Å². The lowest BCUT2D eigenvalue weighted by atomic mass is 10.1. The van der Waals surface area contributed by atoms with Crippen LogP contribution >= 0.6 is 11.6 Å². The molecule has 0 radical (unpaired) electrons. The van der Waals surface area contributed by atoms with Gasteiger partial charge in [0.15, 0.2) is 11.6 Å². The highest BCUT2D eigenvalue weighted by atomic mass is 35.5. The van der Waals surface area contributed by atoms with Gasteiger partial charge < -0.3 is 25.8 Å². The second-order valence-electron chi connectivity index (χ2n) is 9.52. The molecule has 0 atom stereocenters. The number of urea groups is 1. The number of rotatable bonds is 6. The Balaban J connectivity index is 1.16. The number of nitrogens with one attached hydrogen (secondary N) is 3. The molecule has 2 aromatic carbocycles. The molecular formula is C27H28ClN7O3. The molecule has 0 bridgehead atoms. The van der Waals surface area contributed by atoms with Crippen molar-refractivity contribution in [2.75, 3.05) is 36.1 Å². The highest BCUT2D eigenvalue weighted by Crippen LogP contribution is 2.28. The lowest BCUT2D eigenvalue weighted by molar-refractivity contribution is 0.0816. The fraction of sp³-hybridized carbons (Fsp3) is 0.296. The number of amides is 3. The molecule has 0 aliphatic carbocycles. The van der Waals surface area contributed by atoms with Crippen LogP contribution in [0.2, 0.25) is 5.02 Å². The molecule has 2 aliphatic rings. The third-order valence-corrected chi connectivity index (χ3v) is 7.03. The van der Waals surface area contributed by atoms with Crippen LogP contribution in [0.4, 0.5) is 27.9 Å². The van der Waals surface area contributed by atoms with Gasteiger partial charge in [-0.05, 0) is 67.8 Å². The molecule has 3 aromatic rings. The topological polar surface area (TPSA) is 120 Å². The van der Waals surface area contributed by atoms with Crippen molar-refractivity contribution in [2.24, 2.45) is 0 Å². The first-order chi connectivity index (χ1) is 18.3. The van der Waals surface area contributed by atoms with Gasteiger partial charge in [0.05, 0.1) is 6.20 Å². The molecule has 5 rings (SSSR count). The van der Waals surface area contributed by atoms with Gasteiger partial charge in [0.2, 0.25) is 5.95 Å². The molecule has 1 saturated heterocycles. The van der Waals surface area contributed by atoms with E-state index in [2.05, 4.69) is 25.9 Å². The Labute approximate surface area is 225 Å². The van der Waals surface area contributed by atoms with Crippen LogP contribution in [0, 0.1) is 0 Å². The molecule has 3 heterocycles. The summed E-state index contributed by atoms with van der Waals surface area (Å²) in [5, 5.41) is 9.88. The minimum absolute atomic E-state index is 0.0157. The molecule has 10 nitrogen and oxygen atoms in total. The predicted molar refractivity (Wildman–Crippen MR) is 146 cm³/mol. The van der Waals surface area contributed by atoms with Crippen LogP contribution < -0.4 is 16.0 Å². The smallest absolute Gasteiger partial charge is 0.321 e. The number of hydrogen-bond donors (Lipinski definition) is 3. The Morgan fingerprint density at radius 1 is 1.05 bits per heavy atom. The van der Waals surface area contributed by atoms with E-state index in [4.69, 9.17) is 11.6 Å². The molecule has 0 unspecified atom stereocenters. The minimum Gasteiger partial charge on any atom is -0.366 e. The number of aromatic nitrogens is 2. The Kier molecular flexibility index (Phi) is 7.15. The molecule has 38 heavy (non-hydrogen) atoms. The van der Waals surface area contributed by atoms with Crippen molar-refractivity contribution in [1.82, 2.24) is 19.8 Å². The second-order valence-corrected chi connectivity index (χ2v) is 9.92. The molecule has 1 aromatic heterocycles. The number of hydrogen-bond acceptors (Lipinski definition) is 7. The first kappa shape index (κ1) is 25.5. The molecule has 196 valence electrons. The second kappa shape index (κ2) is 10.7. The van der Waals surface area contributed by atoms with Crippen LogP contribution in [0.3, 0.4) is 0 Å². The van der Waals surface area contributed by atoms with Crippen molar-refractivity contribution in [1.29, 1.82) is 0 Å². The van der Waals surface area contributed by atoms with Gasteiger partial charge in [-0.2, -0.15) is 4.98 Å². The Hall–Kier alpha value is -4.18. The van der Waals surface area contributed by atoms with Crippen LogP contribution in [0.25, 0.3) is 0 Å². The molecule has 3 N–H and O–H groups in total. The van der Waals surface area contributed by atoms with E-state index in [9.17, 15) is 14.4 Å². The summed E-state index contributed by atoms with van der Waals surface area (Å²) in [5.74, 6) is 0.918. The van der Waals surface area contributed by atoms with Gasteiger partial charge >= 0.3 is 6.03 Å². The van der Waals surface area contributed by atoms with E-state index in [0.29, 0.717) is 53.2 Å². The summed E-state index contributed by atoms with van der Waals surface area (Å²) in [7, 11) is 1.78. The molecule has 2 aliphatic heterocycles. The summed E-state index contributed by atoms with van der Waals surface area (Å²) in [4.78, 5) is 48.5. The van der Waals surface area contributed by atoms with Crippen molar-refractivity contribution in [3.63, 3.8) is 0 Å². The van der Waals surface area contributed by atoms with Gasteiger partial charge in [-0.1, -0.05) is 11.6 Å². The number of nitrogens with zero attached hydrogens (tertiary/aromatic N) is 4. The Morgan fingerprint density at radius 3 is 2.47 bits per heavy atom. The van der Waals surface area contributed by atoms with E-state index in [-0.39, 0.29) is 23.8 Å². The number of carbonyl (C=O) groups excluding carboxylic acids is 3. The van der Waals surface area contributed by atoms with Gasteiger partial charge in [0.1, 0.15) is 5.02 Å². The highest BCUT2D eigenvalue weighted by molar-refractivity contribution is 6.32. The third kappa shape index (κ3) is 5.55. The summed E-state index contributed by atoms with van der Waals surface area (Å²) in [6.07, 6.45) is 3.00. The number of halogens is 1. The van der Waals surface area contributed by atoms with E-state index in [1.807, 2.05) is 18.2 Å². The predicted octanol–water partition coefficient (Wildman–Crippen LogP) is 4.77. The lowest BCUT2D eigenvalue weighted by Crippen LogP contribution is -2.44. The van der Waals surface area contributed by atoms with Crippen LogP contribution in [-0.2, 0) is 6.54 Å². The summed E-state index contributed by atoms with van der Waals surface area (Å²) in [6, 6.07) is 12.4. The quantitative estimate of drug-likeness (QED) is 0.390. The van der Waals surface area contributed by atoms with Crippen LogP contribution in [-0.4, -0.2) is 63.7 Å². The number of Topliss-reactive ketones (excluding diaryl/α,β-unsaturated/α-hetero) is 1.